The van der Waals surface area contributed by atoms with E-state index in [4.69, 9.17) is 9.15 Å². The molecule has 0 aliphatic rings. The minimum atomic E-state index is -3.73. The Bertz CT molecular complexity index is 737. The van der Waals surface area contributed by atoms with Crippen molar-refractivity contribution < 1.29 is 27.1 Å². The Balaban J connectivity index is 2.08. The van der Waals surface area contributed by atoms with Crippen LogP contribution in [0.4, 0.5) is 0 Å². The molecular formula is C15H17NO6S. The van der Waals surface area contributed by atoms with Gasteiger partial charge < -0.3 is 13.9 Å². The smallest absolute Gasteiger partial charge is 0.337 e. The summed E-state index contributed by atoms with van der Waals surface area (Å²) in [7, 11) is -1.01. The maximum atomic E-state index is 12.3. The topological polar surface area (TPSA) is 94.8 Å². The summed E-state index contributed by atoms with van der Waals surface area (Å²) in [5.41, 5.74) is 0.275. The van der Waals surface area contributed by atoms with Gasteiger partial charge in [0.05, 0.1) is 23.8 Å². The van der Waals surface area contributed by atoms with E-state index < -0.39 is 22.1 Å². The van der Waals surface area contributed by atoms with E-state index in [1.807, 2.05) is 0 Å². The van der Waals surface area contributed by atoms with Gasteiger partial charge in [-0.15, -0.1) is 0 Å². The van der Waals surface area contributed by atoms with Crippen molar-refractivity contribution in [2.45, 2.75) is 11.0 Å². The minimum absolute atomic E-state index is 0.0189. The van der Waals surface area contributed by atoms with Gasteiger partial charge >= 0.3 is 5.97 Å². The predicted molar refractivity (Wildman–Crippen MR) is 81.4 cm³/mol. The zero-order chi connectivity index (χ0) is 16.9. The number of benzene rings is 1. The van der Waals surface area contributed by atoms with Crippen molar-refractivity contribution in [3.05, 3.63) is 54.0 Å². The molecule has 7 nitrogen and oxygen atoms in total. The van der Waals surface area contributed by atoms with Gasteiger partial charge in [-0.05, 0) is 36.4 Å². The van der Waals surface area contributed by atoms with Gasteiger partial charge in [0.15, 0.2) is 0 Å². The van der Waals surface area contributed by atoms with E-state index in [1.165, 1.54) is 44.7 Å². The first-order valence-corrected chi connectivity index (χ1v) is 8.20. The number of furan rings is 1. The summed E-state index contributed by atoms with van der Waals surface area (Å²) in [6.45, 7) is 0.0189. The highest BCUT2D eigenvalue weighted by Gasteiger charge is 2.20. The van der Waals surface area contributed by atoms with Crippen LogP contribution < -0.4 is 4.72 Å². The van der Waals surface area contributed by atoms with E-state index in [1.54, 1.807) is 12.1 Å². The standard InChI is InChI=1S/C15H17NO6S/c1-20-14(13-4-3-9-22-13)10-16-23(18,19)12-7-5-11(6-8-12)15(17)21-2/h3-9,14,16H,10H2,1-2H3. The third-order valence-corrected chi connectivity index (χ3v) is 4.63. The molecule has 1 aromatic carbocycles. The first kappa shape index (κ1) is 17.2. The van der Waals surface area contributed by atoms with E-state index in [0.29, 0.717) is 5.76 Å². The predicted octanol–water partition coefficient (Wildman–Crippen LogP) is 1.73. The van der Waals surface area contributed by atoms with Crippen LogP contribution in [-0.2, 0) is 19.5 Å². The first-order valence-electron chi connectivity index (χ1n) is 6.72. The minimum Gasteiger partial charge on any atom is -0.467 e. The third kappa shape index (κ3) is 4.19. The zero-order valence-electron chi connectivity index (χ0n) is 12.7. The number of carbonyl (C=O) groups excluding carboxylic acids is 1. The van der Waals surface area contributed by atoms with Crippen LogP contribution in [0, 0.1) is 0 Å². The number of esters is 1. The van der Waals surface area contributed by atoms with E-state index in [-0.39, 0.29) is 17.0 Å². The maximum absolute atomic E-state index is 12.3. The monoisotopic (exact) mass is 339 g/mol. The second-order valence-corrected chi connectivity index (χ2v) is 6.37. The third-order valence-electron chi connectivity index (χ3n) is 3.19. The number of rotatable bonds is 7. The van der Waals surface area contributed by atoms with Gasteiger partial charge in [0.1, 0.15) is 11.9 Å². The van der Waals surface area contributed by atoms with Gasteiger partial charge in [-0.3, -0.25) is 0 Å². The lowest BCUT2D eigenvalue weighted by Gasteiger charge is -2.14. The molecule has 0 radical (unpaired) electrons. The molecule has 1 atom stereocenters. The highest BCUT2D eigenvalue weighted by molar-refractivity contribution is 7.89. The second kappa shape index (κ2) is 7.40. The van der Waals surface area contributed by atoms with E-state index in [2.05, 4.69) is 9.46 Å². The van der Waals surface area contributed by atoms with Gasteiger partial charge in [0.2, 0.25) is 10.0 Å². The molecule has 0 aliphatic carbocycles. The second-order valence-electron chi connectivity index (χ2n) is 4.61. The van der Waals surface area contributed by atoms with E-state index >= 15 is 0 Å². The van der Waals surface area contributed by atoms with Gasteiger partial charge in [-0.2, -0.15) is 0 Å². The summed E-state index contributed by atoms with van der Waals surface area (Å²) in [5.74, 6) is -0.00425. The molecule has 1 N–H and O–H groups in total. The lowest BCUT2D eigenvalue weighted by molar-refractivity contribution is 0.0600. The normalized spacial score (nSPS) is 12.8. The Hall–Kier alpha value is -2.16. The Morgan fingerprint density at radius 3 is 2.43 bits per heavy atom. The maximum Gasteiger partial charge on any atom is 0.337 e. The lowest BCUT2D eigenvalue weighted by atomic mass is 10.2. The number of hydrogen-bond donors (Lipinski definition) is 1. The fourth-order valence-electron chi connectivity index (χ4n) is 1.93. The van der Waals surface area contributed by atoms with Crippen LogP contribution in [-0.4, -0.2) is 35.2 Å². The largest absolute Gasteiger partial charge is 0.467 e. The Kier molecular flexibility index (Phi) is 5.54. The van der Waals surface area contributed by atoms with E-state index in [9.17, 15) is 13.2 Å². The molecule has 1 unspecified atom stereocenters. The van der Waals surface area contributed by atoms with Crippen molar-refractivity contribution in [1.82, 2.24) is 4.72 Å². The lowest BCUT2D eigenvalue weighted by Crippen LogP contribution is -2.29. The van der Waals surface area contributed by atoms with E-state index in [0.717, 1.165) is 0 Å². The van der Waals surface area contributed by atoms with Crippen molar-refractivity contribution in [3.63, 3.8) is 0 Å². The van der Waals surface area contributed by atoms with Gasteiger partial charge in [-0.25, -0.2) is 17.9 Å². The fraction of sp³-hybridized carbons (Fsp3) is 0.267. The molecule has 0 aliphatic heterocycles. The quantitative estimate of drug-likeness (QED) is 0.772. The number of carbonyl (C=O) groups is 1. The molecule has 0 saturated heterocycles. The van der Waals surface area contributed by atoms with Crippen molar-refractivity contribution in [1.29, 1.82) is 0 Å². The number of hydrogen-bond acceptors (Lipinski definition) is 6. The molecule has 0 saturated carbocycles. The summed E-state index contributed by atoms with van der Waals surface area (Å²) in [5, 5.41) is 0. The molecule has 2 aromatic rings. The number of ether oxygens (including phenoxy) is 2. The molecule has 1 heterocycles. The van der Waals surface area contributed by atoms with Gasteiger partial charge in [-0.1, -0.05) is 0 Å². The van der Waals surface area contributed by atoms with Crippen molar-refractivity contribution in [3.8, 4) is 0 Å². The van der Waals surface area contributed by atoms with Gasteiger partial charge in [0.25, 0.3) is 0 Å². The molecule has 0 bridgehead atoms. The Labute approximate surface area is 134 Å². The number of sulfonamides is 1. The molecule has 0 fully saturated rings. The van der Waals surface area contributed by atoms with Crippen LogP contribution >= 0.6 is 0 Å². The highest BCUT2D eigenvalue weighted by Crippen LogP contribution is 2.17. The fourth-order valence-corrected chi connectivity index (χ4v) is 2.96. The average Bonchev–Trinajstić information content (AvgIpc) is 3.09. The van der Waals surface area contributed by atoms with Crippen LogP contribution in [0.1, 0.15) is 22.2 Å². The van der Waals surface area contributed by atoms with Gasteiger partial charge in [0, 0.05) is 13.7 Å². The molecule has 23 heavy (non-hydrogen) atoms. The summed E-state index contributed by atoms with van der Waals surface area (Å²) < 4.78 is 41.9. The molecule has 0 amide bonds. The SMILES string of the molecule is COC(=O)c1ccc(S(=O)(=O)NCC(OC)c2ccco2)cc1. The summed E-state index contributed by atoms with van der Waals surface area (Å²) in [6, 6.07) is 8.85. The molecule has 2 rings (SSSR count). The molecule has 0 spiro atoms. The first-order chi connectivity index (χ1) is 11.0. The Morgan fingerprint density at radius 2 is 1.91 bits per heavy atom. The number of methoxy groups -OCH3 is 2. The molecule has 8 heteroatoms. The van der Waals surface area contributed by atoms with Crippen LogP contribution in [0.5, 0.6) is 0 Å². The molecule has 1 aromatic heterocycles. The molecular weight excluding hydrogens is 322 g/mol. The average molecular weight is 339 g/mol. The van der Waals surface area contributed by atoms with Crippen molar-refractivity contribution in [2.75, 3.05) is 20.8 Å². The van der Waals surface area contributed by atoms with Crippen LogP contribution in [0.15, 0.2) is 52.0 Å². The summed E-state index contributed by atoms with van der Waals surface area (Å²) >= 11 is 0. The van der Waals surface area contributed by atoms with Crippen molar-refractivity contribution >= 4 is 16.0 Å². The summed E-state index contributed by atoms with van der Waals surface area (Å²) in [6.07, 6.45) is 0.954. The van der Waals surface area contributed by atoms with Crippen LogP contribution in [0.2, 0.25) is 0 Å². The highest BCUT2D eigenvalue weighted by atomic mass is 32.2. The number of nitrogens with one attached hydrogen (secondary N) is 1. The summed E-state index contributed by atoms with van der Waals surface area (Å²) in [4.78, 5) is 11.4. The molecule has 124 valence electrons. The van der Waals surface area contributed by atoms with Crippen LogP contribution in [0.25, 0.3) is 0 Å². The van der Waals surface area contributed by atoms with Crippen molar-refractivity contribution in [2.24, 2.45) is 0 Å². The zero-order valence-corrected chi connectivity index (χ0v) is 13.5. The van der Waals surface area contributed by atoms with Crippen LogP contribution in [0.3, 0.4) is 0 Å². The Morgan fingerprint density at radius 1 is 1.22 bits per heavy atom.